The monoisotopic (exact) mass is 307 g/mol. The third-order valence-electron chi connectivity index (χ3n) is 2.83. The summed E-state index contributed by atoms with van der Waals surface area (Å²) >= 11 is 5.94. The average Bonchev–Trinajstić information content (AvgIpc) is 2.46. The third-order valence-corrected chi connectivity index (χ3v) is 3.06. The van der Waals surface area contributed by atoms with Crippen molar-refractivity contribution >= 4 is 17.6 Å². The van der Waals surface area contributed by atoms with Crippen molar-refractivity contribution in [3.05, 3.63) is 52.3 Å². The Morgan fingerprint density at radius 2 is 2.00 bits per heavy atom. The molecule has 0 aliphatic carbocycles. The molecule has 0 spiro atoms. The van der Waals surface area contributed by atoms with Gasteiger partial charge in [0.15, 0.2) is 11.4 Å². The van der Waals surface area contributed by atoms with E-state index in [0.29, 0.717) is 16.5 Å². The number of halogens is 1. The van der Waals surface area contributed by atoms with Crippen LogP contribution < -0.4 is 9.47 Å². The zero-order valence-corrected chi connectivity index (χ0v) is 12.3. The van der Waals surface area contributed by atoms with E-state index in [-0.39, 0.29) is 18.1 Å². The van der Waals surface area contributed by atoms with Crippen LogP contribution in [0, 0.1) is 6.92 Å². The number of aromatic nitrogens is 1. The molecule has 0 amide bonds. The first-order chi connectivity index (χ1) is 10.0. The first kappa shape index (κ1) is 15.1. The summed E-state index contributed by atoms with van der Waals surface area (Å²) in [4.78, 5) is 15.1. The number of benzene rings is 1. The predicted molar refractivity (Wildman–Crippen MR) is 78.3 cm³/mol. The van der Waals surface area contributed by atoms with E-state index < -0.39 is 5.97 Å². The summed E-state index contributed by atoms with van der Waals surface area (Å²) < 4.78 is 10.8. The molecule has 0 radical (unpaired) electrons. The number of methoxy groups -OCH3 is 1. The molecule has 0 unspecified atom stereocenters. The zero-order valence-electron chi connectivity index (χ0n) is 11.6. The van der Waals surface area contributed by atoms with Gasteiger partial charge in [0.1, 0.15) is 12.4 Å². The second kappa shape index (κ2) is 6.45. The Bertz CT molecular complexity index is 673. The molecule has 0 aliphatic rings. The third kappa shape index (κ3) is 3.64. The highest BCUT2D eigenvalue weighted by molar-refractivity contribution is 6.30. The van der Waals surface area contributed by atoms with E-state index in [1.54, 1.807) is 44.4 Å². The predicted octanol–water partition coefficient (Wildman–Crippen LogP) is 3.33. The van der Waals surface area contributed by atoms with Gasteiger partial charge in [-0.05, 0) is 37.3 Å². The molecule has 0 saturated heterocycles. The summed E-state index contributed by atoms with van der Waals surface area (Å²) in [5.74, 6) is -0.307. The van der Waals surface area contributed by atoms with E-state index in [0.717, 1.165) is 5.56 Å². The van der Waals surface area contributed by atoms with Crippen LogP contribution in [0.2, 0.25) is 5.02 Å². The van der Waals surface area contributed by atoms with E-state index in [4.69, 9.17) is 26.2 Å². The smallest absolute Gasteiger partial charge is 0.358 e. The van der Waals surface area contributed by atoms with Crippen LogP contribution in [0.25, 0.3) is 0 Å². The SMILES string of the molecule is COc1ccc(Cl)cc1COc1ccc(C)nc1C(=O)O. The lowest BCUT2D eigenvalue weighted by Crippen LogP contribution is -2.07. The Kier molecular flexibility index (Phi) is 4.65. The molecule has 1 N–H and O–H groups in total. The average molecular weight is 308 g/mol. The van der Waals surface area contributed by atoms with Gasteiger partial charge in [0.05, 0.1) is 7.11 Å². The lowest BCUT2D eigenvalue weighted by atomic mass is 10.2. The first-order valence-corrected chi connectivity index (χ1v) is 6.55. The van der Waals surface area contributed by atoms with Crippen molar-refractivity contribution in [2.45, 2.75) is 13.5 Å². The number of ether oxygens (including phenoxy) is 2. The number of carboxylic acid groups (broad SMARTS) is 1. The van der Waals surface area contributed by atoms with E-state index >= 15 is 0 Å². The molecular weight excluding hydrogens is 294 g/mol. The number of nitrogens with zero attached hydrogens (tertiary/aromatic N) is 1. The van der Waals surface area contributed by atoms with Crippen LogP contribution in [-0.4, -0.2) is 23.2 Å². The van der Waals surface area contributed by atoms with Gasteiger partial charge in [0.25, 0.3) is 0 Å². The van der Waals surface area contributed by atoms with Crippen LogP contribution in [0.1, 0.15) is 21.7 Å². The number of carboxylic acids is 1. The van der Waals surface area contributed by atoms with Crippen molar-refractivity contribution in [1.29, 1.82) is 0 Å². The molecule has 110 valence electrons. The molecule has 6 heteroatoms. The van der Waals surface area contributed by atoms with E-state index in [2.05, 4.69) is 4.98 Å². The molecule has 0 bridgehead atoms. The highest BCUT2D eigenvalue weighted by Crippen LogP contribution is 2.25. The minimum atomic E-state index is -1.13. The fourth-order valence-corrected chi connectivity index (χ4v) is 2.02. The zero-order chi connectivity index (χ0) is 15.4. The molecule has 2 aromatic rings. The maximum Gasteiger partial charge on any atom is 0.358 e. The Morgan fingerprint density at radius 3 is 2.67 bits per heavy atom. The summed E-state index contributed by atoms with van der Waals surface area (Å²) in [7, 11) is 1.54. The molecule has 21 heavy (non-hydrogen) atoms. The molecule has 2 rings (SSSR count). The fraction of sp³-hybridized carbons (Fsp3) is 0.200. The molecule has 0 atom stereocenters. The lowest BCUT2D eigenvalue weighted by Gasteiger charge is -2.12. The largest absolute Gasteiger partial charge is 0.496 e. The number of hydrogen-bond donors (Lipinski definition) is 1. The van der Waals surface area contributed by atoms with Gasteiger partial charge in [-0.2, -0.15) is 0 Å². The van der Waals surface area contributed by atoms with E-state index in [1.165, 1.54) is 0 Å². The number of aryl methyl sites for hydroxylation is 1. The molecular formula is C15H14ClNO4. The normalized spacial score (nSPS) is 10.2. The number of aromatic carboxylic acids is 1. The molecule has 5 nitrogen and oxygen atoms in total. The second-order valence-corrected chi connectivity index (χ2v) is 4.79. The second-order valence-electron chi connectivity index (χ2n) is 4.35. The lowest BCUT2D eigenvalue weighted by molar-refractivity contribution is 0.0684. The highest BCUT2D eigenvalue weighted by Gasteiger charge is 2.14. The van der Waals surface area contributed by atoms with Crippen molar-refractivity contribution in [1.82, 2.24) is 4.98 Å². The van der Waals surface area contributed by atoms with Gasteiger partial charge in [0, 0.05) is 16.3 Å². The summed E-state index contributed by atoms with van der Waals surface area (Å²) in [6.45, 7) is 1.85. The number of pyridine rings is 1. The standard InChI is InChI=1S/C15H14ClNO4/c1-9-3-5-13(14(17-9)15(18)19)21-8-10-7-11(16)4-6-12(10)20-2/h3-7H,8H2,1-2H3,(H,18,19). The van der Waals surface area contributed by atoms with Gasteiger partial charge < -0.3 is 14.6 Å². The van der Waals surface area contributed by atoms with E-state index in [1.807, 2.05) is 0 Å². The number of hydrogen-bond acceptors (Lipinski definition) is 4. The maximum atomic E-state index is 11.2. The van der Waals surface area contributed by atoms with Crippen LogP contribution in [0.4, 0.5) is 0 Å². The van der Waals surface area contributed by atoms with Crippen LogP contribution >= 0.6 is 11.6 Å². The van der Waals surface area contributed by atoms with Crippen molar-refractivity contribution in [2.75, 3.05) is 7.11 Å². The minimum Gasteiger partial charge on any atom is -0.496 e. The van der Waals surface area contributed by atoms with Gasteiger partial charge in [-0.3, -0.25) is 0 Å². The summed E-state index contributed by atoms with van der Waals surface area (Å²) in [6, 6.07) is 8.43. The van der Waals surface area contributed by atoms with Crippen LogP contribution in [0.15, 0.2) is 30.3 Å². The maximum absolute atomic E-state index is 11.2. The van der Waals surface area contributed by atoms with Crippen LogP contribution in [-0.2, 0) is 6.61 Å². The summed E-state index contributed by atoms with van der Waals surface area (Å²) in [5.41, 5.74) is 1.22. The van der Waals surface area contributed by atoms with Gasteiger partial charge in [-0.1, -0.05) is 11.6 Å². The molecule has 0 fully saturated rings. The Balaban J connectivity index is 2.24. The van der Waals surface area contributed by atoms with Crippen molar-refractivity contribution < 1.29 is 19.4 Å². The summed E-state index contributed by atoms with van der Waals surface area (Å²) in [6.07, 6.45) is 0. The van der Waals surface area contributed by atoms with Crippen molar-refractivity contribution in [3.63, 3.8) is 0 Å². The topological polar surface area (TPSA) is 68.7 Å². The fourth-order valence-electron chi connectivity index (χ4n) is 1.83. The van der Waals surface area contributed by atoms with Crippen LogP contribution in [0.3, 0.4) is 0 Å². The molecule has 1 aromatic heterocycles. The Labute approximate surface area is 127 Å². The highest BCUT2D eigenvalue weighted by atomic mass is 35.5. The van der Waals surface area contributed by atoms with Crippen LogP contribution in [0.5, 0.6) is 11.5 Å². The van der Waals surface area contributed by atoms with Gasteiger partial charge in [-0.25, -0.2) is 9.78 Å². The number of rotatable bonds is 5. The van der Waals surface area contributed by atoms with Gasteiger partial charge >= 0.3 is 5.97 Å². The van der Waals surface area contributed by atoms with Crippen molar-refractivity contribution in [3.8, 4) is 11.5 Å². The molecule has 1 aromatic carbocycles. The Morgan fingerprint density at radius 1 is 1.29 bits per heavy atom. The summed E-state index contributed by atoms with van der Waals surface area (Å²) in [5, 5.41) is 9.69. The minimum absolute atomic E-state index is 0.115. The number of carbonyl (C=O) groups is 1. The molecule has 0 saturated carbocycles. The molecule has 1 heterocycles. The van der Waals surface area contributed by atoms with Gasteiger partial charge in [0.2, 0.25) is 0 Å². The molecule has 0 aliphatic heterocycles. The quantitative estimate of drug-likeness (QED) is 0.917. The van der Waals surface area contributed by atoms with Crippen molar-refractivity contribution in [2.24, 2.45) is 0 Å². The van der Waals surface area contributed by atoms with E-state index in [9.17, 15) is 4.79 Å². The Hall–Kier alpha value is -2.27. The first-order valence-electron chi connectivity index (χ1n) is 6.17. The van der Waals surface area contributed by atoms with Gasteiger partial charge in [-0.15, -0.1) is 0 Å².